The number of aryl methyl sites for hydroxylation is 2. The quantitative estimate of drug-likeness (QED) is 0.246. The second-order valence-electron chi connectivity index (χ2n) is 7.53. The molecule has 1 saturated carbocycles. The van der Waals surface area contributed by atoms with Crippen LogP contribution in [-0.4, -0.2) is 30.8 Å². The van der Waals surface area contributed by atoms with E-state index in [0.29, 0.717) is 6.04 Å². The first-order chi connectivity index (χ1) is 12.1. The number of guanidine groups is 1. The molecule has 6 heteroatoms. The van der Waals surface area contributed by atoms with Crippen molar-refractivity contribution in [2.45, 2.75) is 84.6 Å². The minimum Gasteiger partial charge on any atom is -0.361 e. The van der Waals surface area contributed by atoms with Crippen molar-refractivity contribution < 1.29 is 4.52 Å². The number of aliphatic imine (C=N–C) groups is 1. The molecular weight excluding hydrogens is 439 g/mol. The number of hydrogen-bond donors (Lipinski definition) is 2. The number of hydrogen-bond acceptors (Lipinski definition) is 3. The van der Waals surface area contributed by atoms with Crippen molar-refractivity contribution in [2.24, 2.45) is 10.9 Å². The summed E-state index contributed by atoms with van der Waals surface area (Å²) >= 11 is 0. The van der Waals surface area contributed by atoms with Crippen molar-refractivity contribution in [1.82, 2.24) is 15.8 Å². The highest BCUT2D eigenvalue weighted by Gasteiger charge is 2.15. The van der Waals surface area contributed by atoms with E-state index in [1.54, 1.807) is 0 Å². The number of nitrogens with one attached hydrogen (secondary N) is 2. The summed E-state index contributed by atoms with van der Waals surface area (Å²) in [6, 6.07) is 0.468. The summed E-state index contributed by atoms with van der Waals surface area (Å²) in [6.45, 7) is 7.16. The van der Waals surface area contributed by atoms with Crippen LogP contribution in [0.2, 0.25) is 0 Å². The fourth-order valence-corrected chi connectivity index (χ4v) is 3.79. The van der Waals surface area contributed by atoms with Crippen LogP contribution in [-0.2, 0) is 6.42 Å². The van der Waals surface area contributed by atoms with Gasteiger partial charge in [-0.2, -0.15) is 0 Å². The molecule has 1 heterocycles. The molecule has 0 bridgehead atoms. The van der Waals surface area contributed by atoms with Gasteiger partial charge in [0.2, 0.25) is 0 Å². The SMILES string of the molecule is CN=C(NCCCc1c(C)noc1C)NC(C)CCC1CCCCC1.I. The Kier molecular flexibility index (Phi) is 11.2. The molecule has 0 aliphatic heterocycles. The van der Waals surface area contributed by atoms with Gasteiger partial charge in [-0.15, -0.1) is 24.0 Å². The first-order valence-electron chi connectivity index (χ1n) is 9.99. The molecule has 1 fully saturated rings. The molecule has 150 valence electrons. The van der Waals surface area contributed by atoms with E-state index in [2.05, 4.69) is 27.7 Å². The molecule has 1 aromatic rings. The van der Waals surface area contributed by atoms with Crippen LogP contribution in [0.15, 0.2) is 9.52 Å². The predicted octanol–water partition coefficient (Wildman–Crippen LogP) is 4.76. The molecule has 1 aromatic heterocycles. The Bertz CT molecular complexity index is 518. The summed E-state index contributed by atoms with van der Waals surface area (Å²) in [5.41, 5.74) is 2.25. The molecule has 26 heavy (non-hydrogen) atoms. The molecule has 0 saturated heterocycles. The van der Waals surface area contributed by atoms with E-state index >= 15 is 0 Å². The maximum Gasteiger partial charge on any atom is 0.191 e. The molecule has 1 aliphatic rings. The lowest BCUT2D eigenvalue weighted by Gasteiger charge is -2.24. The molecule has 1 aliphatic carbocycles. The maximum absolute atomic E-state index is 5.22. The van der Waals surface area contributed by atoms with Gasteiger partial charge in [-0.1, -0.05) is 37.3 Å². The lowest BCUT2D eigenvalue weighted by molar-refractivity contribution is 0.322. The third-order valence-corrected chi connectivity index (χ3v) is 5.42. The van der Waals surface area contributed by atoms with Gasteiger partial charge in [0.25, 0.3) is 0 Å². The predicted molar refractivity (Wildman–Crippen MR) is 119 cm³/mol. The lowest BCUT2D eigenvalue weighted by atomic mass is 9.85. The van der Waals surface area contributed by atoms with Gasteiger partial charge in [0, 0.05) is 25.2 Å². The van der Waals surface area contributed by atoms with Gasteiger partial charge in [-0.3, -0.25) is 4.99 Å². The molecule has 2 rings (SSSR count). The summed E-state index contributed by atoms with van der Waals surface area (Å²) in [5, 5.41) is 11.0. The van der Waals surface area contributed by atoms with Crippen molar-refractivity contribution in [3.63, 3.8) is 0 Å². The monoisotopic (exact) mass is 476 g/mol. The highest BCUT2D eigenvalue weighted by Crippen LogP contribution is 2.27. The Morgan fingerprint density at radius 3 is 2.62 bits per heavy atom. The lowest BCUT2D eigenvalue weighted by Crippen LogP contribution is -2.42. The maximum atomic E-state index is 5.22. The van der Waals surface area contributed by atoms with Crippen molar-refractivity contribution in [1.29, 1.82) is 0 Å². The second kappa shape index (κ2) is 12.6. The molecular formula is C20H37IN4O. The first kappa shape index (κ1) is 23.2. The van der Waals surface area contributed by atoms with Gasteiger partial charge in [-0.25, -0.2) is 0 Å². The van der Waals surface area contributed by atoms with Crippen molar-refractivity contribution in [3.05, 3.63) is 17.0 Å². The fraction of sp³-hybridized carbons (Fsp3) is 0.800. The van der Waals surface area contributed by atoms with E-state index in [9.17, 15) is 0 Å². The number of nitrogens with zero attached hydrogens (tertiary/aromatic N) is 2. The van der Waals surface area contributed by atoms with Gasteiger partial charge >= 0.3 is 0 Å². The second-order valence-corrected chi connectivity index (χ2v) is 7.53. The van der Waals surface area contributed by atoms with E-state index in [0.717, 1.165) is 42.7 Å². The van der Waals surface area contributed by atoms with Crippen LogP contribution >= 0.6 is 24.0 Å². The molecule has 0 aromatic carbocycles. The van der Waals surface area contributed by atoms with Gasteiger partial charge in [0.05, 0.1) is 5.69 Å². The molecule has 0 amide bonds. The summed E-state index contributed by atoms with van der Waals surface area (Å²) < 4.78 is 5.22. The first-order valence-corrected chi connectivity index (χ1v) is 9.99. The normalized spacial score (nSPS) is 16.8. The van der Waals surface area contributed by atoms with Gasteiger partial charge in [0.15, 0.2) is 5.96 Å². The van der Waals surface area contributed by atoms with Gasteiger partial charge in [0.1, 0.15) is 5.76 Å². The Morgan fingerprint density at radius 1 is 1.27 bits per heavy atom. The minimum absolute atomic E-state index is 0. The number of halogens is 1. The van der Waals surface area contributed by atoms with Crippen LogP contribution in [0.3, 0.4) is 0 Å². The number of aromatic nitrogens is 1. The topological polar surface area (TPSA) is 62.5 Å². The van der Waals surface area contributed by atoms with Crippen molar-refractivity contribution >= 4 is 29.9 Å². The average Bonchev–Trinajstić information content (AvgIpc) is 2.95. The van der Waals surface area contributed by atoms with Crippen LogP contribution in [0.25, 0.3) is 0 Å². The Labute approximate surface area is 176 Å². The Balaban J connectivity index is 0.00000338. The molecule has 1 atom stereocenters. The third-order valence-electron chi connectivity index (χ3n) is 5.42. The standard InChI is InChI=1S/C20H36N4O.HI/c1-15(12-13-18-9-6-5-7-10-18)23-20(21-4)22-14-8-11-19-16(2)24-25-17(19)3;/h15,18H,5-14H2,1-4H3,(H2,21,22,23);1H. The van der Waals surface area contributed by atoms with Crippen LogP contribution < -0.4 is 10.6 Å². The molecule has 5 nitrogen and oxygen atoms in total. The zero-order valence-electron chi connectivity index (χ0n) is 16.9. The van der Waals surface area contributed by atoms with E-state index < -0.39 is 0 Å². The summed E-state index contributed by atoms with van der Waals surface area (Å²) in [4.78, 5) is 4.36. The number of rotatable bonds is 8. The molecule has 0 radical (unpaired) electrons. The van der Waals surface area contributed by atoms with Crippen LogP contribution in [0, 0.1) is 19.8 Å². The van der Waals surface area contributed by atoms with Crippen LogP contribution in [0.5, 0.6) is 0 Å². The van der Waals surface area contributed by atoms with E-state index in [1.807, 2.05) is 20.9 Å². The highest BCUT2D eigenvalue weighted by molar-refractivity contribution is 14.0. The summed E-state index contributed by atoms with van der Waals surface area (Å²) in [6.07, 6.45) is 11.8. The Morgan fingerprint density at radius 2 is 2.00 bits per heavy atom. The molecule has 1 unspecified atom stereocenters. The van der Waals surface area contributed by atoms with E-state index in [1.165, 1.54) is 50.5 Å². The summed E-state index contributed by atoms with van der Waals surface area (Å²) in [7, 11) is 1.84. The molecule has 0 spiro atoms. The zero-order valence-corrected chi connectivity index (χ0v) is 19.3. The summed E-state index contributed by atoms with van der Waals surface area (Å²) in [5.74, 6) is 2.80. The van der Waals surface area contributed by atoms with E-state index in [4.69, 9.17) is 4.52 Å². The fourth-order valence-electron chi connectivity index (χ4n) is 3.79. The zero-order chi connectivity index (χ0) is 18.1. The average molecular weight is 476 g/mol. The van der Waals surface area contributed by atoms with Crippen molar-refractivity contribution in [2.75, 3.05) is 13.6 Å². The molecule has 2 N–H and O–H groups in total. The van der Waals surface area contributed by atoms with Crippen LogP contribution in [0.1, 0.15) is 75.3 Å². The van der Waals surface area contributed by atoms with Gasteiger partial charge in [-0.05, 0) is 52.4 Å². The smallest absolute Gasteiger partial charge is 0.191 e. The Hall–Kier alpha value is -0.790. The van der Waals surface area contributed by atoms with Gasteiger partial charge < -0.3 is 15.2 Å². The van der Waals surface area contributed by atoms with E-state index in [-0.39, 0.29) is 24.0 Å². The largest absolute Gasteiger partial charge is 0.361 e. The highest BCUT2D eigenvalue weighted by atomic mass is 127. The van der Waals surface area contributed by atoms with Crippen LogP contribution in [0.4, 0.5) is 0 Å². The van der Waals surface area contributed by atoms with Crippen molar-refractivity contribution in [3.8, 4) is 0 Å². The minimum atomic E-state index is 0. The third kappa shape index (κ3) is 7.84.